The Balaban J connectivity index is 2.63. The Morgan fingerprint density at radius 2 is 2.16 bits per heavy atom. The van der Waals surface area contributed by atoms with E-state index in [-0.39, 0.29) is 0 Å². The normalized spacial score (nSPS) is 14.1. The van der Waals surface area contributed by atoms with Crippen molar-refractivity contribution in [2.75, 3.05) is 19.4 Å². The standard InChI is InChI=1S/C15H26N2OS/c1-5-7-18-14-8-13(9-17-10-14)15(16-4)11-19-12(3)6-2/h8-10,12,15-16H,5-7,11H2,1-4H3. The molecule has 0 aliphatic carbocycles. The lowest BCUT2D eigenvalue weighted by Crippen LogP contribution is -2.20. The molecule has 0 bridgehead atoms. The van der Waals surface area contributed by atoms with Gasteiger partial charge in [-0.05, 0) is 31.5 Å². The van der Waals surface area contributed by atoms with Crippen LogP contribution in [0, 0.1) is 0 Å². The van der Waals surface area contributed by atoms with Crippen molar-refractivity contribution in [3.05, 3.63) is 24.0 Å². The van der Waals surface area contributed by atoms with Crippen molar-refractivity contribution in [1.29, 1.82) is 0 Å². The minimum absolute atomic E-state index is 0.330. The summed E-state index contributed by atoms with van der Waals surface area (Å²) in [5.41, 5.74) is 1.20. The van der Waals surface area contributed by atoms with Crippen LogP contribution < -0.4 is 10.1 Å². The monoisotopic (exact) mass is 282 g/mol. The summed E-state index contributed by atoms with van der Waals surface area (Å²) >= 11 is 2.00. The van der Waals surface area contributed by atoms with Gasteiger partial charge in [0.2, 0.25) is 0 Å². The molecule has 1 heterocycles. The first-order valence-corrected chi connectivity index (χ1v) is 8.12. The first-order chi connectivity index (χ1) is 9.21. The Morgan fingerprint density at radius 3 is 2.79 bits per heavy atom. The highest BCUT2D eigenvalue weighted by Gasteiger charge is 2.12. The Morgan fingerprint density at radius 1 is 1.37 bits per heavy atom. The first kappa shape index (κ1) is 16.3. The summed E-state index contributed by atoms with van der Waals surface area (Å²) in [5, 5.41) is 4.06. The maximum absolute atomic E-state index is 5.64. The molecule has 1 aromatic rings. The van der Waals surface area contributed by atoms with E-state index in [9.17, 15) is 0 Å². The molecule has 0 spiro atoms. The van der Waals surface area contributed by atoms with Gasteiger partial charge in [-0.25, -0.2) is 0 Å². The third-order valence-electron chi connectivity index (χ3n) is 3.08. The lowest BCUT2D eigenvalue weighted by atomic mass is 10.1. The Bertz CT molecular complexity index is 360. The molecule has 4 heteroatoms. The lowest BCUT2D eigenvalue weighted by Gasteiger charge is -2.18. The molecular weight excluding hydrogens is 256 g/mol. The van der Waals surface area contributed by atoms with Gasteiger partial charge in [0.1, 0.15) is 5.75 Å². The Hall–Kier alpha value is -0.740. The van der Waals surface area contributed by atoms with Crippen LogP contribution >= 0.6 is 11.8 Å². The van der Waals surface area contributed by atoms with Crippen LogP contribution in [0.3, 0.4) is 0 Å². The van der Waals surface area contributed by atoms with Crippen LogP contribution in [0.25, 0.3) is 0 Å². The molecule has 2 unspecified atom stereocenters. The molecule has 19 heavy (non-hydrogen) atoms. The van der Waals surface area contributed by atoms with Crippen molar-refractivity contribution in [1.82, 2.24) is 10.3 Å². The van der Waals surface area contributed by atoms with Crippen molar-refractivity contribution in [3.8, 4) is 5.75 Å². The number of nitrogens with zero attached hydrogens (tertiary/aromatic N) is 1. The van der Waals surface area contributed by atoms with Crippen molar-refractivity contribution in [2.45, 2.75) is 44.9 Å². The maximum atomic E-state index is 5.64. The first-order valence-electron chi connectivity index (χ1n) is 7.07. The van der Waals surface area contributed by atoms with E-state index in [1.165, 1.54) is 12.0 Å². The number of pyridine rings is 1. The van der Waals surface area contributed by atoms with E-state index >= 15 is 0 Å². The molecule has 0 aromatic carbocycles. The molecule has 0 saturated carbocycles. The zero-order valence-electron chi connectivity index (χ0n) is 12.5. The number of thioether (sulfide) groups is 1. The molecule has 108 valence electrons. The molecular formula is C15H26N2OS. The highest BCUT2D eigenvalue weighted by atomic mass is 32.2. The molecule has 0 fully saturated rings. The maximum Gasteiger partial charge on any atom is 0.137 e. The molecule has 0 aliphatic heterocycles. The van der Waals surface area contributed by atoms with Crippen molar-refractivity contribution in [3.63, 3.8) is 0 Å². The number of hydrogen-bond acceptors (Lipinski definition) is 4. The van der Waals surface area contributed by atoms with Crippen LogP contribution in [0.1, 0.15) is 45.2 Å². The van der Waals surface area contributed by atoms with E-state index in [4.69, 9.17) is 4.74 Å². The second kappa shape index (κ2) is 9.21. The molecule has 2 atom stereocenters. The van der Waals surface area contributed by atoms with Gasteiger partial charge in [0, 0.05) is 23.2 Å². The summed E-state index contributed by atoms with van der Waals surface area (Å²) in [6.45, 7) is 7.36. The molecule has 0 aliphatic rings. The average Bonchev–Trinajstić information content (AvgIpc) is 2.46. The number of aromatic nitrogens is 1. The summed E-state index contributed by atoms with van der Waals surface area (Å²) in [5.74, 6) is 1.93. The van der Waals surface area contributed by atoms with Gasteiger partial charge in [0.05, 0.1) is 12.8 Å². The summed E-state index contributed by atoms with van der Waals surface area (Å²) in [7, 11) is 2.00. The highest BCUT2D eigenvalue weighted by Crippen LogP contribution is 2.24. The zero-order chi connectivity index (χ0) is 14.1. The van der Waals surface area contributed by atoms with Crippen molar-refractivity contribution < 1.29 is 4.74 Å². The Labute approximate surface area is 121 Å². The molecule has 0 amide bonds. The topological polar surface area (TPSA) is 34.1 Å². The van der Waals surface area contributed by atoms with Gasteiger partial charge < -0.3 is 10.1 Å². The fraction of sp³-hybridized carbons (Fsp3) is 0.667. The highest BCUT2D eigenvalue weighted by molar-refractivity contribution is 7.99. The van der Waals surface area contributed by atoms with E-state index in [0.29, 0.717) is 11.3 Å². The summed E-state index contributed by atoms with van der Waals surface area (Å²) in [6.07, 6.45) is 5.94. The average molecular weight is 282 g/mol. The van der Waals surface area contributed by atoms with Crippen molar-refractivity contribution in [2.24, 2.45) is 0 Å². The lowest BCUT2D eigenvalue weighted by molar-refractivity contribution is 0.315. The summed E-state index contributed by atoms with van der Waals surface area (Å²) in [6, 6.07) is 2.43. The van der Waals surface area contributed by atoms with E-state index < -0.39 is 0 Å². The van der Waals surface area contributed by atoms with E-state index in [1.54, 1.807) is 6.20 Å². The third-order valence-corrected chi connectivity index (χ3v) is 4.51. The van der Waals surface area contributed by atoms with Crippen LogP contribution in [-0.4, -0.2) is 29.6 Å². The van der Waals surface area contributed by atoms with Gasteiger partial charge >= 0.3 is 0 Å². The molecule has 0 radical (unpaired) electrons. The fourth-order valence-corrected chi connectivity index (χ4v) is 2.77. The predicted molar refractivity (Wildman–Crippen MR) is 84.0 cm³/mol. The molecule has 1 rings (SSSR count). The minimum atomic E-state index is 0.330. The number of nitrogens with one attached hydrogen (secondary N) is 1. The van der Waals surface area contributed by atoms with E-state index in [0.717, 1.165) is 24.5 Å². The number of rotatable bonds is 9. The van der Waals surface area contributed by atoms with Crippen LogP contribution in [0.5, 0.6) is 5.75 Å². The predicted octanol–water partition coefficient (Wildman–Crippen LogP) is 3.66. The van der Waals surface area contributed by atoms with Gasteiger partial charge in [-0.1, -0.05) is 20.8 Å². The molecule has 3 nitrogen and oxygen atoms in total. The molecule has 0 saturated heterocycles. The van der Waals surface area contributed by atoms with Crippen LogP contribution in [0.2, 0.25) is 0 Å². The van der Waals surface area contributed by atoms with Gasteiger partial charge in [0.25, 0.3) is 0 Å². The third kappa shape index (κ3) is 5.83. The van der Waals surface area contributed by atoms with Crippen LogP contribution in [0.4, 0.5) is 0 Å². The summed E-state index contributed by atoms with van der Waals surface area (Å²) < 4.78 is 5.64. The second-order valence-corrected chi connectivity index (χ2v) is 6.17. The second-order valence-electron chi connectivity index (χ2n) is 4.70. The largest absolute Gasteiger partial charge is 0.492 e. The zero-order valence-corrected chi connectivity index (χ0v) is 13.3. The molecule has 1 aromatic heterocycles. The summed E-state index contributed by atoms with van der Waals surface area (Å²) in [4.78, 5) is 4.28. The minimum Gasteiger partial charge on any atom is -0.492 e. The van der Waals surface area contributed by atoms with Crippen LogP contribution in [0.15, 0.2) is 18.5 Å². The molecule has 1 N–H and O–H groups in total. The van der Waals surface area contributed by atoms with Gasteiger partial charge in [-0.3, -0.25) is 4.98 Å². The van der Waals surface area contributed by atoms with Crippen molar-refractivity contribution >= 4 is 11.8 Å². The van der Waals surface area contributed by atoms with Gasteiger partial charge in [-0.15, -0.1) is 0 Å². The number of hydrogen-bond donors (Lipinski definition) is 1. The fourth-order valence-electron chi connectivity index (χ4n) is 1.65. The number of ether oxygens (including phenoxy) is 1. The van der Waals surface area contributed by atoms with Gasteiger partial charge in [-0.2, -0.15) is 11.8 Å². The van der Waals surface area contributed by atoms with Crippen LogP contribution in [-0.2, 0) is 0 Å². The Kier molecular flexibility index (Phi) is 7.91. The quantitative estimate of drug-likeness (QED) is 0.749. The SMILES string of the molecule is CCCOc1cncc(C(CSC(C)CC)NC)c1. The van der Waals surface area contributed by atoms with E-state index in [2.05, 4.69) is 37.1 Å². The van der Waals surface area contributed by atoms with Gasteiger partial charge in [0.15, 0.2) is 0 Å². The smallest absolute Gasteiger partial charge is 0.137 e. The van der Waals surface area contributed by atoms with E-state index in [1.807, 2.05) is 25.0 Å².